The van der Waals surface area contributed by atoms with E-state index < -0.39 is 0 Å². The highest BCUT2D eigenvalue weighted by Crippen LogP contribution is 2.43. The van der Waals surface area contributed by atoms with Crippen molar-refractivity contribution in [1.29, 1.82) is 0 Å². The highest BCUT2D eigenvalue weighted by atomic mass is 32.1. The van der Waals surface area contributed by atoms with Crippen LogP contribution in [0.3, 0.4) is 0 Å². The summed E-state index contributed by atoms with van der Waals surface area (Å²) in [4.78, 5) is 21.9. The molecular formula is C22H21FN6S. The normalized spacial score (nSPS) is 23.2. The van der Waals surface area contributed by atoms with E-state index in [1.165, 1.54) is 37.0 Å². The van der Waals surface area contributed by atoms with Crippen molar-refractivity contribution in [1.82, 2.24) is 24.9 Å². The number of nitrogens with one attached hydrogen (secondary N) is 2. The Labute approximate surface area is 177 Å². The summed E-state index contributed by atoms with van der Waals surface area (Å²) >= 11 is 1.47. The fourth-order valence-electron chi connectivity index (χ4n) is 4.99. The molecule has 0 saturated heterocycles. The fourth-order valence-corrected chi connectivity index (χ4v) is 5.70. The van der Waals surface area contributed by atoms with Gasteiger partial charge in [0.15, 0.2) is 23.1 Å². The van der Waals surface area contributed by atoms with Gasteiger partial charge in [-0.05, 0) is 42.5 Å². The number of aromatic amines is 1. The van der Waals surface area contributed by atoms with Crippen LogP contribution in [0.1, 0.15) is 32.1 Å². The SMILES string of the molecule is Fc1c(NC2CC3CCC2CC3)nc(-c2c[nH]c3nccnc23)nc1-c1cccs1. The van der Waals surface area contributed by atoms with E-state index in [1.54, 1.807) is 18.6 Å². The molecule has 4 heterocycles. The van der Waals surface area contributed by atoms with E-state index in [9.17, 15) is 0 Å². The van der Waals surface area contributed by atoms with Gasteiger partial charge in [-0.3, -0.25) is 4.98 Å². The second-order valence-electron chi connectivity index (χ2n) is 8.26. The molecule has 0 spiro atoms. The first-order valence-electron chi connectivity index (χ1n) is 10.4. The highest BCUT2D eigenvalue weighted by Gasteiger charge is 2.36. The van der Waals surface area contributed by atoms with Gasteiger partial charge in [0.2, 0.25) is 0 Å². The Morgan fingerprint density at radius 2 is 1.97 bits per heavy atom. The lowest BCUT2D eigenvalue weighted by Crippen LogP contribution is -2.40. The Morgan fingerprint density at radius 1 is 1.10 bits per heavy atom. The van der Waals surface area contributed by atoms with Crippen LogP contribution in [-0.4, -0.2) is 31.0 Å². The molecule has 0 aliphatic heterocycles. The van der Waals surface area contributed by atoms with E-state index in [1.807, 2.05) is 17.5 Å². The summed E-state index contributed by atoms with van der Waals surface area (Å²) in [6.07, 6.45) is 11.2. The third kappa shape index (κ3) is 2.98. The summed E-state index contributed by atoms with van der Waals surface area (Å²) in [5.41, 5.74) is 2.40. The molecule has 3 saturated carbocycles. The summed E-state index contributed by atoms with van der Waals surface area (Å²) in [6.45, 7) is 0. The lowest BCUT2D eigenvalue weighted by atomic mass is 9.68. The largest absolute Gasteiger partial charge is 0.364 e. The van der Waals surface area contributed by atoms with Crippen LogP contribution in [0.2, 0.25) is 0 Å². The lowest BCUT2D eigenvalue weighted by Gasteiger charge is -2.42. The number of halogens is 1. The third-order valence-electron chi connectivity index (χ3n) is 6.52. The van der Waals surface area contributed by atoms with Gasteiger partial charge >= 0.3 is 0 Å². The first-order valence-corrected chi connectivity index (χ1v) is 11.3. The first kappa shape index (κ1) is 17.9. The minimum absolute atomic E-state index is 0.272. The molecule has 4 aromatic rings. The van der Waals surface area contributed by atoms with Gasteiger partial charge in [0, 0.05) is 24.6 Å². The van der Waals surface area contributed by atoms with Gasteiger partial charge in [-0.15, -0.1) is 11.3 Å². The van der Waals surface area contributed by atoms with E-state index >= 15 is 4.39 Å². The predicted octanol–water partition coefficient (Wildman–Crippen LogP) is 5.27. The van der Waals surface area contributed by atoms with Crippen LogP contribution in [0.25, 0.3) is 33.1 Å². The Kier molecular flexibility index (Phi) is 4.26. The van der Waals surface area contributed by atoms with Gasteiger partial charge in [-0.2, -0.15) is 0 Å². The molecule has 6 nitrogen and oxygen atoms in total. The Bertz CT molecular complexity index is 1200. The molecule has 1 atom stereocenters. The number of nitrogens with zero attached hydrogens (tertiary/aromatic N) is 4. The van der Waals surface area contributed by atoms with Crippen molar-refractivity contribution in [3.63, 3.8) is 0 Å². The van der Waals surface area contributed by atoms with Gasteiger partial charge in [0.25, 0.3) is 0 Å². The second kappa shape index (κ2) is 7.12. The Hall–Kier alpha value is -2.87. The maximum atomic E-state index is 15.6. The van der Waals surface area contributed by atoms with Crippen molar-refractivity contribution in [2.75, 3.05) is 5.32 Å². The summed E-state index contributed by atoms with van der Waals surface area (Å²) in [6, 6.07) is 4.07. The van der Waals surface area contributed by atoms with E-state index in [4.69, 9.17) is 0 Å². The van der Waals surface area contributed by atoms with Crippen molar-refractivity contribution < 1.29 is 4.39 Å². The molecule has 0 radical (unpaired) electrons. The Balaban J connectivity index is 1.47. The van der Waals surface area contributed by atoms with Gasteiger partial charge < -0.3 is 10.3 Å². The van der Waals surface area contributed by atoms with Crippen molar-refractivity contribution in [2.45, 2.75) is 38.1 Å². The van der Waals surface area contributed by atoms with Crippen LogP contribution in [-0.2, 0) is 0 Å². The van der Waals surface area contributed by atoms with E-state index in [0.717, 1.165) is 22.8 Å². The van der Waals surface area contributed by atoms with Crippen molar-refractivity contribution >= 4 is 28.3 Å². The van der Waals surface area contributed by atoms with Gasteiger partial charge in [0.1, 0.15) is 11.2 Å². The summed E-state index contributed by atoms with van der Waals surface area (Å²) in [7, 11) is 0. The number of anilines is 1. The zero-order chi connectivity index (χ0) is 20.1. The average molecular weight is 421 g/mol. The Morgan fingerprint density at radius 3 is 2.73 bits per heavy atom. The monoisotopic (exact) mass is 420 g/mol. The molecule has 30 heavy (non-hydrogen) atoms. The molecule has 2 N–H and O–H groups in total. The molecule has 3 aliphatic carbocycles. The smallest absolute Gasteiger partial charge is 0.192 e. The third-order valence-corrected chi connectivity index (χ3v) is 7.40. The molecule has 0 aromatic carbocycles. The van der Waals surface area contributed by atoms with Crippen molar-refractivity contribution in [3.05, 3.63) is 41.9 Å². The summed E-state index contributed by atoms with van der Waals surface area (Å²) < 4.78 is 15.6. The second-order valence-corrected chi connectivity index (χ2v) is 9.21. The zero-order valence-corrected chi connectivity index (χ0v) is 17.1. The zero-order valence-electron chi connectivity index (χ0n) is 16.3. The molecule has 152 valence electrons. The lowest BCUT2D eigenvalue weighted by molar-refractivity contribution is 0.157. The van der Waals surface area contributed by atoms with Crippen LogP contribution in [0.4, 0.5) is 10.2 Å². The standard InChI is InChI=1S/C22H21FN6S/c23-17-19(16-2-1-9-30-16)28-20(14-11-26-22-18(14)24-7-8-25-22)29-21(17)27-15-10-12-3-5-13(15)6-4-12/h1-2,7-9,11-13,15H,3-6,10H2,(H,25,26)(H,27,28,29). The molecule has 4 aromatic heterocycles. The van der Waals surface area contributed by atoms with Crippen LogP contribution >= 0.6 is 11.3 Å². The number of hydrogen-bond acceptors (Lipinski definition) is 6. The van der Waals surface area contributed by atoms with Crippen LogP contribution in [0.5, 0.6) is 0 Å². The van der Waals surface area contributed by atoms with Crippen molar-refractivity contribution in [2.24, 2.45) is 11.8 Å². The number of H-pyrrole nitrogens is 1. The maximum Gasteiger partial charge on any atom is 0.192 e. The van der Waals surface area contributed by atoms with E-state index in [2.05, 4.69) is 30.2 Å². The molecule has 3 fully saturated rings. The van der Waals surface area contributed by atoms with Crippen LogP contribution < -0.4 is 5.32 Å². The summed E-state index contributed by atoms with van der Waals surface area (Å²) in [5, 5.41) is 5.40. The fraction of sp³-hybridized carbons (Fsp3) is 0.364. The molecular weight excluding hydrogens is 399 g/mol. The minimum Gasteiger partial charge on any atom is -0.364 e. The van der Waals surface area contributed by atoms with Crippen LogP contribution in [0, 0.1) is 17.7 Å². The molecule has 2 bridgehead atoms. The van der Waals surface area contributed by atoms with E-state index in [-0.39, 0.29) is 11.9 Å². The van der Waals surface area contributed by atoms with E-state index in [0.29, 0.717) is 34.4 Å². The average Bonchev–Trinajstić information content (AvgIpc) is 3.46. The first-order chi connectivity index (χ1) is 14.8. The number of fused-ring (bicyclic) bond motifs is 4. The molecule has 1 unspecified atom stereocenters. The maximum absolute atomic E-state index is 15.6. The molecule has 0 amide bonds. The van der Waals surface area contributed by atoms with Gasteiger partial charge in [0.05, 0.1) is 10.4 Å². The minimum atomic E-state index is -0.381. The highest BCUT2D eigenvalue weighted by molar-refractivity contribution is 7.13. The van der Waals surface area contributed by atoms with Gasteiger partial charge in [-0.25, -0.2) is 19.3 Å². The number of hydrogen-bond donors (Lipinski definition) is 2. The number of thiophene rings is 1. The van der Waals surface area contributed by atoms with Gasteiger partial charge in [-0.1, -0.05) is 18.9 Å². The molecule has 7 rings (SSSR count). The predicted molar refractivity (Wildman–Crippen MR) is 116 cm³/mol. The quantitative estimate of drug-likeness (QED) is 0.470. The summed E-state index contributed by atoms with van der Waals surface area (Å²) in [5.74, 6) is 1.71. The van der Waals surface area contributed by atoms with Crippen LogP contribution in [0.15, 0.2) is 36.1 Å². The van der Waals surface area contributed by atoms with Crippen molar-refractivity contribution in [3.8, 4) is 22.0 Å². The molecule has 3 aliphatic rings. The molecule has 8 heteroatoms. The number of aromatic nitrogens is 5. The topological polar surface area (TPSA) is 79.4 Å². The number of rotatable bonds is 4.